The highest BCUT2D eigenvalue weighted by Gasteiger charge is 2.37. The Morgan fingerprint density at radius 1 is 0.259 bits per heavy atom. The zero-order valence-corrected chi connectivity index (χ0v) is 31.2. The van der Waals surface area contributed by atoms with Crippen LogP contribution in [0, 0.1) is 0 Å². The van der Waals surface area contributed by atoms with E-state index in [1.165, 1.54) is 110 Å². The van der Waals surface area contributed by atoms with Gasteiger partial charge in [0, 0.05) is 10.8 Å². The highest BCUT2D eigenvalue weighted by Crippen LogP contribution is 2.52. The first-order valence-electron chi connectivity index (χ1n) is 19.2. The molecule has 0 aliphatic heterocycles. The van der Waals surface area contributed by atoms with Gasteiger partial charge >= 0.3 is 0 Å². The maximum Gasteiger partial charge on any atom is 0.0159 e. The van der Waals surface area contributed by atoms with Crippen molar-refractivity contribution in [3.05, 3.63) is 192 Å². The Morgan fingerprint density at radius 3 is 1.35 bits per heavy atom. The molecule has 11 rings (SSSR count). The third-order valence-corrected chi connectivity index (χ3v) is 12.8. The second-order valence-electron chi connectivity index (χ2n) is 16.5. The van der Waals surface area contributed by atoms with Gasteiger partial charge in [0.2, 0.25) is 0 Å². The van der Waals surface area contributed by atoms with Crippen LogP contribution in [0.4, 0.5) is 0 Å². The van der Waals surface area contributed by atoms with E-state index in [1.807, 2.05) is 0 Å². The molecule has 0 N–H and O–H groups in total. The van der Waals surface area contributed by atoms with Gasteiger partial charge in [-0.15, -0.1) is 0 Å². The number of hydrogen-bond donors (Lipinski definition) is 0. The summed E-state index contributed by atoms with van der Waals surface area (Å²) in [5, 5.41) is 7.69. The molecule has 9 aromatic rings. The van der Waals surface area contributed by atoms with E-state index in [-0.39, 0.29) is 10.8 Å². The van der Waals surface area contributed by atoms with Gasteiger partial charge in [-0.2, -0.15) is 0 Å². The van der Waals surface area contributed by atoms with Gasteiger partial charge in [-0.1, -0.05) is 161 Å². The lowest BCUT2D eigenvalue weighted by Crippen LogP contribution is -2.15. The maximum absolute atomic E-state index is 2.46. The average molecular weight is 689 g/mol. The number of rotatable bonds is 3. The summed E-state index contributed by atoms with van der Waals surface area (Å²) >= 11 is 0. The molecule has 0 saturated carbocycles. The van der Waals surface area contributed by atoms with Crippen LogP contribution in [0.5, 0.6) is 0 Å². The van der Waals surface area contributed by atoms with Crippen LogP contribution in [0.25, 0.3) is 88.0 Å². The molecule has 0 unspecified atom stereocenters. The van der Waals surface area contributed by atoms with Crippen LogP contribution >= 0.6 is 0 Å². The molecule has 0 amide bonds. The smallest absolute Gasteiger partial charge is 0.0159 e. The Balaban J connectivity index is 0.960. The van der Waals surface area contributed by atoms with Crippen molar-refractivity contribution in [1.29, 1.82) is 0 Å². The van der Waals surface area contributed by atoms with E-state index in [9.17, 15) is 0 Å². The predicted molar refractivity (Wildman–Crippen MR) is 230 cm³/mol. The fourth-order valence-electron chi connectivity index (χ4n) is 9.87. The first kappa shape index (κ1) is 31.3. The summed E-state index contributed by atoms with van der Waals surface area (Å²) in [6, 6.07) is 64.1. The summed E-state index contributed by atoms with van der Waals surface area (Å²) in [5.74, 6) is 0. The first-order valence-corrected chi connectivity index (χ1v) is 19.2. The molecule has 0 atom stereocenters. The Morgan fingerprint density at radius 2 is 0.704 bits per heavy atom. The zero-order chi connectivity index (χ0) is 36.3. The number of fused-ring (bicyclic) bond motifs is 10. The molecule has 0 bridgehead atoms. The topological polar surface area (TPSA) is 0 Å². The molecule has 2 aliphatic rings. The van der Waals surface area contributed by atoms with E-state index < -0.39 is 0 Å². The molecule has 0 spiro atoms. The third-order valence-electron chi connectivity index (χ3n) is 12.8. The summed E-state index contributed by atoms with van der Waals surface area (Å²) < 4.78 is 0. The Bertz CT molecular complexity index is 3040. The third kappa shape index (κ3) is 4.44. The standard InChI is InChI=1S/C54H40/c1-53(2)49-16-10-9-15-44(49)45-24-22-36(31-50(45)53)37-23-26-47-46-25-21-35(30-51(46)54(3,4)52(47)32-37)34-19-17-33-18-20-39(28-40(33)27-34)48-29-38-11-5-6-12-41(38)42-13-7-8-14-43(42)48/h5-32H,1-4H3. The second kappa shape index (κ2) is 11.1. The Kier molecular flexibility index (Phi) is 6.46. The van der Waals surface area contributed by atoms with Crippen molar-refractivity contribution in [1.82, 2.24) is 0 Å². The number of benzene rings is 9. The van der Waals surface area contributed by atoms with Gasteiger partial charge < -0.3 is 0 Å². The lowest BCUT2D eigenvalue weighted by atomic mass is 9.80. The number of hydrogen-bond acceptors (Lipinski definition) is 0. The van der Waals surface area contributed by atoms with Gasteiger partial charge in [0.1, 0.15) is 0 Å². The molecule has 0 heterocycles. The zero-order valence-electron chi connectivity index (χ0n) is 31.2. The fourth-order valence-corrected chi connectivity index (χ4v) is 9.87. The van der Waals surface area contributed by atoms with Gasteiger partial charge in [0.05, 0.1) is 0 Å². The lowest BCUT2D eigenvalue weighted by molar-refractivity contribution is 0.659. The van der Waals surface area contributed by atoms with Crippen LogP contribution in [-0.4, -0.2) is 0 Å². The molecule has 54 heavy (non-hydrogen) atoms. The molecule has 256 valence electrons. The summed E-state index contributed by atoms with van der Waals surface area (Å²) in [4.78, 5) is 0. The largest absolute Gasteiger partial charge is 0.0619 e. The summed E-state index contributed by atoms with van der Waals surface area (Å²) in [5.41, 5.74) is 18.6. The van der Waals surface area contributed by atoms with Crippen molar-refractivity contribution < 1.29 is 0 Å². The highest BCUT2D eigenvalue weighted by atomic mass is 14.4. The molecule has 0 nitrogen and oxygen atoms in total. The van der Waals surface area contributed by atoms with E-state index in [4.69, 9.17) is 0 Å². The van der Waals surface area contributed by atoms with Crippen LogP contribution in [0.1, 0.15) is 49.9 Å². The van der Waals surface area contributed by atoms with E-state index in [0.29, 0.717) is 0 Å². The van der Waals surface area contributed by atoms with Crippen LogP contribution in [0.2, 0.25) is 0 Å². The summed E-state index contributed by atoms with van der Waals surface area (Å²) in [7, 11) is 0. The Labute approximate surface area is 317 Å². The predicted octanol–water partition coefficient (Wildman–Crippen LogP) is 14.8. The summed E-state index contributed by atoms with van der Waals surface area (Å²) in [6.07, 6.45) is 0. The van der Waals surface area contributed by atoms with Gasteiger partial charge in [0.25, 0.3) is 0 Å². The Hall–Kier alpha value is -6.24. The van der Waals surface area contributed by atoms with E-state index >= 15 is 0 Å². The lowest BCUT2D eigenvalue weighted by Gasteiger charge is -2.23. The molecule has 0 radical (unpaired) electrons. The van der Waals surface area contributed by atoms with Crippen molar-refractivity contribution in [3.63, 3.8) is 0 Å². The van der Waals surface area contributed by atoms with Gasteiger partial charge in [-0.3, -0.25) is 0 Å². The molecular weight excluding hydrogens is 649 g/mol. The quantitative estimate of drug-likeness (QED) is 0.162. The van der Waals surface area contributed by atoms with Crippen LogP contribution in [0.15, 0.2) is 170 Å². The monoisotopic (exact) mass is 688 g/mol. The minimum absolute atomic E-state index is 0.0142. The van der Waals surface area contributed by atoms with Crippen molar-refractivity contribution in [2.24, 2.45) is 0 Å². The van der Waals surface area contributed by atoms with E-state index in [2.05, 4.69) is 198 Å². The van der Waals surface area contributed by atoms with Crippen molar-refractivity contribution >= 4 is 32.3 Å². The van der Waals surface area contributed by atoms with E-state index in [1.54, 1.807) is 0 Å². The molecule has 2 aliphatic carbocycles. The van der Waals surface area contributed by atoms with Gasteiger partial charge in [-0.05, 0) is 147 Å². The SMILES string of the molecule is CC1(C)c2ccccc2-c2ccc(-c3ccc4c(c3)C(C)(C)c3cc(-c5ccc6ccc(-c7cc8ccccc8c8ccccc78)cc6c5)ccc3-4)cc21. The molecule has 0 heteroatoms. The van der Waals surface area contributed by atoms with Crippen molar-refractivity contribution in [3.8, 4) is 55.6 Å². The minimum Gasteiger partial charge on any atom is -0.0619 e. The highest BCUT2D eigenvalue weighted by molar-refractivity contribution is 6.14. The summed E-state index contributed by atoms with van der Waals surface area (Å²) in [6.45, 7) is 9.52. The van der Waals surface area contributed by atoms with Crippen LogP contribution < -0.4 is 0 Å². The molecule has 9 aromatic carbocycles. The minimum atomic E-state index is -0.121. The second-order valence-corrected chi connectivity index (χ2v) is 16.5. The average Bonchev–Trinajstić information content (AvgIpc) is 3.58. The molecule has 0 aromatic heterocycles. The van der Waals surface area contributed by atoms with Crippen LogP contribution in [-0.2, 0) is 10.8 Å². The van der Waals surface area contributed by atoms with Crippen LogP contribution in [0.3, 0.4) is 0 Å². The normalized spacial score (nSPS) is 14.6. The van der Waals surface area contributed by atoms with Crippen molar-refractivity contribution in [2.45, 2.75) is 38.5 Å². The van der Waals surface area contributed by atoms with Gasteiger partial charge in [0.15, 0.2) is 0 Å². The van der Waals surface area contributed by atoms with Gasteiger partial charge in [-0.25, -0.2) is 0 Å². The molecule has 0 saturated heterocycles. The first-order chi connectivity index (χ1) is 26.3. The molecular formula is C54H40. The van der Waals surface area contributed by atoms with E-state index in [0.717, 1.165) is 0 Å². The fraction of sp³-hybridized carbons (Fsp3) is 0.111. The maximum atomic E-state index is 2.46. The van der Waals surface area contributed by atoms with Crippen molar-refractivity contribution in [2.75, 3.05) is 0 Å². The molecule has 0 fully saturated rings.